The second kappa shape index (κ2) is 9.39. The van der Waals surface area contributed by atoms with E-state index in [0.717, 1.165) is 17.1 Å². The molecule has 1 saturated heterocycles. The molecule has 28 heavy (non-hydrogen) atoms. The molecule has 1 aromatic carbocycles. The standard InChI is InChI=1S/C21H27NO5S/c1-26-14-5-13-22(18-12-15-28(24,25)16-18)21(23)11-9-19-8-10-20(27-19)17-6-3-2-4-7-17/h2-4,6-8,10,18H,5,9,11-16H2,1H3. The zero-order chi connectivity index (χ0) is 20.0. The molecule has 0 saturated carbocycles. The third kappa shape index (κ3) is 5.45. The third-order valence-corrected chi connectivity index (χ3v) is 6.77. The van der Waals surface area contributed by atoms with Crippen LogP contribution in [-0.2, 0) is 25.8 Å². The van der Waals surface area contributed by atoms with Crippen molar-refractivity contribution in [2.45, 2.75) is 31.7 Å². The van der Waals surface area contributed by atoms with E-state index in [1.807, 2.05) is 42.5 Å². The van der Waals surface area contributed by atoms with Crippen molar-refractivity contribution in [3.05, 3.63) is 48.2 Å². The Morgan fingerprint density at radius 1 is 1.21 bits per heavy atom. The summed E-state index contributed by atoms with van der Waals surface area (Å²) in [6.45, 7) is 1.06. The number of hydrogen-bond acceptors (Lipinski definition) is 5. The molecule has 0 aliphatic carbocycles. The minimum Gasteiger partial charge on any atom is -0.461 e. The van der Waals surface area contributed by atoms with Crippen LogP contribution in [0.2, 0.25) is 0 Å². The maximum atomic E-state index is 12.8. The van der Waals surface area contributed by atoms with Gasteiger partial charge in [0, 0.05) is 44.7 Å². The summed E-state index contributed by atoms with van der Waals surface area (Å²) in [6, 6.07) is 13.4. The van der Waals surface area contributed by atoms with Gasteiger partial charge in [0.05, 0.1) is 11.5 Å². The lowest BCUT2D eigenvalue weighted by Crippen LogP contribution is -2.42. The van der Waals surface area contributed by atoms with Crippen molar-refractivity contribution in [2.24, 2.45) is 0 Å². The summed E-state index contributed by atoms with van der Waals surface area (Å²) >= 11 is 0. The van der Waals surface area contributed by atoms with Crippen LogP contribution < -0.4 is 0 Å². The van der Waals surface area contributed by atoms with E-state index in [2.05, 4.69) is 0 Å². The van der Waals surface area contributed by atoms with Gasteiger partial charge in [-0.2, -0.15) is 0 Å². The van der Waals surface area contributed by atoms with E-state index in [-0.39, 0.29) is 23.5 Å². The molecule has 152 valence electrons. The van der Waals surface area contributed by atoms with E-state index in [1.54, 1.807) is 12.0 Å². The molecule has 2 heterocycles. The van der Waals surface area contributed by atoms with Crippen molar-refractivity contribution in [1.82, 2.24) is 4.90 Å². The van der Waals surface area contributed by atoms with Crippen LogP contribution in [0, 0.1) is 0 Å². The molecule has 7 heteroatoms. The van der Waals surface area contributed by atoms with Crippen LogP contribution in [-0.4, -0.2) is 57.0 Å². The number of ether oxygens (including phenoxy) is 1. The lowest BCUT2D eigenvalue weighted by Gasteiger charge is -2.28. The number of nitrogens with zero attached hydrogens (tertiary/aromatic N) is 1. The van der Waals surface area contributed by atoms with Crippen LogP contribution in [0.25, 0.3) is 11.3 Å². The van der Waals surface area contributed by atoms with E-state index in [4.69, 9.17) is 9.15 Å². The highest BCUT2D eigenvalue weighted by Crippen LogP contribution is 2.23. The van der Waals surface area contributed by atoms with Crippen LogP contribution in [0.3, 0.4) is 0 Å². The zero-order valence-electron chi connectivity index (χ0n) is 16.2. The number of sulfone groups is 1. The Morgan fingerprint density at radius 2 is 2.00 bits per heavy atom. The molecular formula is C21H27NO5S. The second-order valence-corrected chi connectivity index (χ2v) is 9.35. The van der Waals surface area contributed by atoms with Crippen LogP contribution >= 0.6 is 0 Å². The van der Waals surface area contributed by atoms with Gasteiger partial charge in [-0.1, -0.05) is 30.3 Å². The zero-order valence-corrected chi connectivity index (χ0v) is 17.0. The Morgan fingerprint density at radius 3 is 2.68 bits per heavy atom. The number of aryl methyl sites for hydroxylation is 1. The summed E-state index contributed by atoms with van der Waals surface area (Å²) in [5, 5.41) is 0. The fourth-order valence-corrected chi connectivity index (χ4v) is 5.29. The van der Waals surface area contributed by atoms with Crippen LogP contribution in [0.1, 0.15) is 25.0 Å². The molecule has 1 unspecified atom stereocenters. The number of furan rings is 1. The first-order valence-corrected chi connectivity index (χ1v) is 11.4. The molecule has 1 aliphatic rings. The number of benzene rings is 1. The topological polar surface area (TPSA) is 76.8 Å². The Bertz CT molecular complexity index is 875. The molecule has 0 spiro atoms. The van der Waals surface area contributed by atoms with Crippen LogP contribution in [0.5, 0.6) is 0 Å². The predicted molar refractivity (Wildman–Crippen MR) is 108 cm³/mol. The van der Waals surface area contributed by atoms with Crippen LogP contribution in [0.4, 0.5) is 0 Å². The highest BCUT2D eigenvalue weighted by atomic mass is 32.2. The van der Waals surface area contributed by atoms with Gasteiger partial charge in [0.1, 0.15) is 11.5 Å². The lowest BCUT2D eigenvalue weighted by atomic mass is 10.1. The maximum Gasteiger partial charge on any atom is 0.223 e. The fraction of sp³-hybridized carbons (Fsp3) is 0.476. The number of carbonyl (C=O) groups is 1. The quantitative estimate of drug-likeness (QED) is 0.600. The van der Waals surface area contributed by atoms with E-state index in [9.17, 15) is 13.2 Å². The molecule has 0 bridgehead atoms. The molecule has 3 rings (SSSR count). The number of hydrogen-bond donors (Lipinski definition) is 0. The van der Waals surface area contributed by atoms with Crippen molar-refractivity contribution < 1.29 is 22.4 Å². The van der Waals surface area contributed by atoms with E-state index in [0.29, 0.717) is 38.8 Å². The van der Waals surface area contributed by atoms with Gasteiger partial charge in [0.25, 0.3) is 0 Å². The van der Waals surface area contributed by atoms with Crippen molar-refractivity contribution >= 4 is 15.7 Å². The van der Waals surface area contributed by atoms with Gasteiger partial charge in [-0.15, -0.1) is 0 Å². The van der Waals surface area contributed by atoms with E-state index in [1.165, 1.54) is 0 Å². The molecule has 1 atom stereocenters. The van der Waals surface area contributed by atoms with Gasteiger partial charge in [0.2, 0.25) is 5.91 Å². The Labute approximate surface area is 166 Å². The SMILES string of the molecule is COCCCN(C(=O)CCc1ccc(-c2ccccc2)o1)C1CCS(=O)(=O)C1. The molecule has 1 aliphatic heterocycles. The second-order valence-electron chi connectivity index (χ2n) is 7.12. The average molecular weight is 406 g/mol. The third-order valence-electron chi connectivity index (χ3n) is 5.02. The Kier molecular flexibility index (Phi) is 6.91. The van der Waals surface area contributed by atoms with Gasteiger partial charge in [-0.3, -0.25) is 4.79 Å². The van der Waals surface area contributed by atoms with E-state index < -0.39 is 9.84 Å². The normalized spacial score (nSPS) is 18.2. The summed E-state index contributed by atoms with van der Waals surface area (Å²) in [6.07, 6.45) is 1.99. The molecule has 1 fully saturated rings. The first-order chi connectivity index (χ1) is 13.5. The first kappa shape index (κ1) is 20.6. The molecular weight excluding hydrogens is 378 g/mol. The first-order valence-electron chi connectivity index (χ1n) is 9.61. The van der Waals surface area contributed by atoms with Crippen molar-refractivity contribution in [1.29, 1.82) is 0 Å². The monoisotopic (exact) mass is 405 g/mol. The molecule has 0 radical (unpaired) electrons. The number of amides is 1. The summed E-state index contributed by atoms with van der Waals surface area (Å²) in [7, 11) is -1.42. The highest BCUT2D eigenvalue weighted by molar-refractivity contribution is 7.91. The van der Waals surface area contributed by atoms with Gasteiger partial charge < -0.3 is 14.1 Å². The molecule has 6 nitrogen and oxygen atoms in total. The number of rotatable bonds is 9. The molecule has 1 aromatic heterocycles. The summed E-state index contributed by atoms with van der Waals surface area (Å²) in [5.41, 5.74) is 0.998. The molecule has 0 N–H and O–H groups in total. The van der Waals surface area contributed by atoms with Gasteiger partial charge in [-0.05, 0) is 25.0 Å². The summed E-state index contributed by atoms with van der Waals surface area (Å²) in [4.78, 5) is 14.6. The van der Waals surface area contributed by atoms with Gasteiger partial charge in [-0.25, -0.2) is 8.42 Å². The Balaban J connectivity index is 1.61. The van der Waals surface area contributed by atoms with Crippen molar-refractivity contribution in [3.63, 3.8) is 0 Å². The minimum atomic E-state index is -3.04. The number of carbonyl (C=O) groups excluding carboxylic acids is 1. The predicted octanol–water partition coefficient (Wildman–Crippen LogP) is 2.93. The highest BCUT2D eigenvalue weighted by Gasteiger charge is 2.34. The average Bonchev–Trinajstić information content (AvgIpc) is 3.30. The van der Waals surface area contributed by atoms with Gasteiger partial charge >= 0.3 is 0 Å². The molecule has 2 aromatic rings. The van der Waals surface area contributed by atoms with Crippen molar-refractivity contribution in [2.75, 3.05) is 31.8 Å². The van der Waals surface area contributed by atoms with Crippen molar-refractivity contribution in [3.8, 4) is 11.3 Å². The fourth-order valence-electron chi connectivity index (χ4n) is 3.55. The van der Waals surface area contributed by atoms with E-state index >= 15 is 0 Å². The lowest BCUT2D eigenvalue weighted by molar-refractivity contribution is -0.133. The Hall–Kier alpha value is -2.12. The maximum absolute atomic E-state index is 12.8. The largest absolute Gasteiger partial charge is 0.461 e. The summed E-state index contributed by atoms with van der Waals surface area (Å²) in [5.74, 6) is 1.72. The van der Waals surface area contributed by atoms with Crippen LogP contribution in [0.15, 0.2) is 46.9 Å². The number of methoxy groups -OCH3 is 1. The molecule has 1 amide bonds. The minimum absolute atomic E-state index is 0.0316. The smallest absolute Gasteiger partial charge is 0.223 e. The summed E-state index contributed by atoms with van der Waals surface area (Å²) < 4.78 is 34.6. The van der Waals surface area contributed by atoms with Gasteiger partial charge in [0.15, 0.2) is 9.84 Å².